The van der Waals surface area contributed by atoms with Crippen LogP contribution in [0.4, 0.5) is 11.4 Å². The minimum atomic E-state index is 0.0851. The van der Waals surface area contributed by atoms with Gasteiger partial charge in [0.15, 0.2) is 0 Å². The van der Waals surface area contributed by atoms with E-state index in [0.29, 0.717) is 6.42 Å². The monoisotopic (exact) mass is 296 g/mol. The van der Waals surface area contributed by atoms with Crippen molar-refractivity contribution in [3.8, 4) is 11.1 Å². The topological polar surface area (TPSA) is 32.3 Å². The van der Waals surface area contributed by atoms with E-state index in [0.717, 1.165) is 29.7 Å². The molecule has 2 aromatic rings. The fourth-order valence-electron chi connectivity index (χ4n) is 2.29. The number of amides is 1. The maximum absolute atomic E-state index is 11.8. The second kappa shape index (κ2) is 7.64. The van der Waals surface area contributed by atoms with Crippen molar-refractivity contribution in [3.05, 3.63) is 48.5 Å². The zero-order chi connectivity index (χ0) is 15.9. The molecule has 116 valence electrons. The molecule has 1 N–H and O–H groups in total. The van der Waals surface area contributed by atoms with Gasteiger partial charge in [0.25, 0.3) is 0 Å². The van der Waals surface area contributed by atoms with Crippen molar-refractivity contribution >= 4 is 17.3 Å². The lowest BCUT2D eigenvalue weighted by Gasteiger charge is -2.13. The van der Waals surface area contributed by atoms with Gasteiger partial charge in [-0.25, -0.2) is 0 Å². The molecular weight excluding hydrogens is 272 g/mol. The zero-order valence-corrected chi connectivity index (χ0v) is 13.6. The smallest absolute Gasteiger partial charge is 0.224 e. The van der Waals surface area contributed by atoms with Crippen LogP contribution in [0.15, 0.2) is 48.5 Å². The summed E-state index contributed by atoms with van der Waals surface area (Å²) in [6.07, 6.45) is 2.54. The van der Waals surface area contributed by atoms with Crippen molar-refractivity contribution in [2.75, 3.05) is 24.3 Å². The second-order valence-corrected chi connectivity index (χ2v) is 5.67. The van der Waals surface area contributed by atoms with E-state index in [1.54, 1.807) is 0 Å². The summed E-state index contributed by atoms with van der Waals surface area (Å²) in [4.78, 5) is 13.9. The van der Waals surface area contributed by atoms with Gasteiger partial charge in [-0.2, -0.15) is 0 Å². The molecular formula is C19H24N2O. The van der Waals surface area contributed by atoms with Crippen LogP contribution < -0.4 is 10.2 Å². The van der Waals surface area contributed by atoms with Crippen LogP contribution in [0.3, 0.4) is 0 Å². The molecule has 0 aliphatic heterocycles. The predicted octanol–water partition coefficient (Wildman–Crippen LogP) is 4.55. The minimum Gasteiger partial charge on any atom is -0.378 e. The molecule has 0 aliphatic rings. The van der Waals surface area contributed by atoms with E-state index < -0.39 is 0 Å². The lowest BCUT2D eigenvalue weighted by atomic mass is 10.0. The number of unbranched alkanes of at least 4 members (excludes halogenated alkanes) is 1. The van der Waals surface area contributed by atoms with Crippen LogP contribution in [-0.2, 0) is 4.79 Å². The van der Waals surface area contributed by atoms with Crippen molar-refractivity contribution < 1.29 is 4.79 Å². The third-order valence-corrected chi connectivity index (χ3v) is 3.62. The maximum atomic E-state index is 11.8. The van der Waals surface area contributed by atoms with Crippen molar-refractivity contribution in [2.24, 2.45) is 0 Å². The summed E-state index contributed by atoms with van der Waals surface area (Å²) < 4.78 is 0. The van der Waals surface area contributed by atoms with Gasteiger partial charge >= 0.3 is 0 Å². The molecule has 0 aromatic heterocycles. The number of anilines is 2. The van der Waals surface area contributed by atoms with E-state index in [2.05, 4.69) is 47.5 Å². The first-order valence-corrected chi connectivity index (χ1v) is 7.78. The molecule has 0 bridgehead atoms. The summed E-state index contributed by atoms with van der Waals surface area (Å²) in [7, 11) is 4.06. The molecule has 0 radical (unpaired) electrons. The Bertz CT molecular complexity index is 618. The first kappa shape index (κ1) is 16.1. The predicted molar refractivity (Wildman–Crippen MR) is 94.4 cm³/mol. The van der Waals surface area contributed by atoms with Gasteiger partial charge in [0, 0.05) is 31.9 Å². The van der Waals surface area contributed by atoms with Gasteiger partial charge in [0.1, 0.15) is 0 Å². The molecule has 0 unspecified atom stereocenters. The Morgan fingerprint density at radius 2 is 1.77 bits per heavy atom. The second-order valence-electron chi connectivity index (χ2n) is 5.67. The van der Waals surface area contributed by atoms with E-state index in [1.807, 2.05) is 32.3 Å². The fourth-order valence-corrected chi connectivity index (χ4v) is 2.29. The van der Waals surface area contributed by atoms with Gasteiger partial charge in [-0.1, -0.05) is 37.6 Å². The van der Waals surface area contributed by atoms with Crippen LogP contribution >= 0.6 is 0 Å². The number of hydrogen-bond acceptors (Lipinski definition) is 2. The van der Waals surface area contributed by atoms with E-state index in [1.165, 1.54) is 5.69 Å². The van der Waals surface area contributed by atoms with Crippen LogP contribution in [0.25, 0.3) is 11.1 Å². The summed E-state index contributed by atoms with van der Waals surface area (Å²) >= 11 is 0. The summed E-state index contributed by atoms with van der Waals surface area (Å²) in [5, 5.41) is 2.97. The molecule has 0 spiro atoms. The summed E-state index contributed by atoms with van der Waals surface area (Å²) in [6, 6.07) is 16.4. The molecule has 0 atom stereocenters. The third-order valence-electron chi connectivity index (χ3n) is 3.62. The molecule has 0 aliphatic carbocycles. The lowest BCUT2D eigenvalue weighted by Crippen LogP contribution is -2.10. The summed E-state index contributed by atoms with van der Waals surface area (Å²) in [5.74, 6) is 0.0851. The molecule has 0 saturated heterocycles. The van der Waals surface area contributed by atoms with Crippen molar-refractivity contribution in [1.29, 1.82) is 0 Å². The van der Waals surface area contributed by atoms with Gasteiger partial charge in [0.2, 0.25) is 5.91 Å². The maximum Gasteiger partial charge on any atom is 0.224 e. The molecule has 3 nitrogen and oxygen atoms in total. The number of hydrogen-bond donors (Lipinski definition) is 1. The van der Waals surface area contributed by atoms with E-state index in [9.17, 15) is 4.79 Å². The highest BCUT2D eigenvalue weighted by molar-refractivity contribution is 5.91. The SMILES string of the molecule is CCCCC(=O)Nc1cccc(-c2ccc(N(C)C)cc2)c1. The van der Waals surface area contributed by atoms with E-state index in [4.69, 9.17) is 0 Å². The van der Waals surface area contributed by atoms with Gasteiger partial charge in [0.05, 0.1) is 0 Å². The Morgan fingerprint density at radius 3 is 2.41 bits per heavy atom. The Hall–Kier alpha value is -2.29. The zero-order valence-electron chi connectivity index (χ0n) is 13.6. The standard InChI is InChI=1S/C19H24N2O/c1-4-5-9-19(22)20-17-8-6-7-16(14-17)15-10-12-18(13-11-15)21(2)3/h6-8,10-14H,4-5,9H2,1-3H3,(H,20,22). The van der Waals surface area contributed by atoms with E-state index >= 15 is 0 Å². The normalized spacial score (nSPS) is 10.3. The largest absolute Gasteiger partial charge is 0.378 e. The molecule has 2 aromatic carbocycles. The van der Waals surface area contributed by atoms with Crippen LogP contribution in [0.2, 0.25) is 0 Å². The van der Waals surface area contributed by atoms with Gasteiger partial charge in [-0.3, -0.25) is 4.79 Å². The van der Waals surface area contributed by atoms with Crippen LogP contribution in [-0.4, -0.2) is 20.0 Å². The molecule has 0 heterocycles. The number of nitrogens with zero attached hydrogens (tertiary/aromatic N) is 1. The van der Waals surface area contributed by atoms with Crippen molar-refractivity contribution in [3.63, 3.8) is 0 Å². The van der Waals surface area contributed by atoms with Gasteiger partial charge in [-0.15, -0.1) is 0 Å². The van der Waals surface area contributed by atoms with Crippen molar-refractivity contribution in [1.82, 2.24) is 0 Å². The molecule has 0 saturated carbocycles. The number of benzene rings is 2. The molecule has 3 heteroatoms. The molecule has 1 amide bonds. The lowest BCUT2D eigenvalue weighted by molar-refractivity contribution is -0.116. The highest BCUT2D eigenvalue weighted by atomic mass is 16.1. The quantitative estimate of drug-likeness (QED) is 0.848. The Kier molecular flexibility index (Phi) is 5.59. The average molecular weight is 296 g/mol. The minimum absolute atomic E-state index is 0.0851. The highest BCUT2D eigenvalue weighted by Crippen LogP contribution is 2.25. The van der Waals surface area contributed by atoms with Gasteiger partial charge < -0.3 is 10.2 Å². The van der Waals surface area contributed by atoms with Gasteiger partial charge in [-0.05, 0) is 41.8 Å². The average Bonchev–Trinajstić information content (AvgIpc) is 2.53. The summed E-state index contributed by atoms with van der Waals surface area (Å²) in [6.45, 7) is 2.09. The number of nitrogens with one attached hydrogen (secondary N) is 1. The van der Waals surface area contributed by atoms with Crippen LogP contribution in [0.1, 0.15) is 26.2 Å². The van der Waals surface area contributed by atoms with Crippen molar-refractivity contribution in [2.45, 2.75) is 26.2 Å². The first-order chi connectivity index (χ1) is 10.6. The first-order valence-electron chi connectivity index (χ1n) is 7.78. The van der Waals surface area contributed by atoms with Crippen LogP contribution in [0.5, 0.6) is 0 Å². The number of carbonyl (C=O) groups is 1. The third kappa shape index (κ3) is 4.35. The Morgan fingerprint density at radius 1 is 1.05 bits per heavy atom. The molecule has 2 rings (SSSR count). The van der Waals surface area contributed by atoms with E-state index in [-0.39, 0.29) is 5.91 Å². The fraction of sp³-hybridized carbons (Fsp3) is 0.316. The Balaban J connectivity index is 2.12. The molecule has 0 fully saturated rings. The molecule has 22 heavy (non-hydrogen) atoms. The van der Waals surface area contributed by atoms with Crippen LogP contribution in [0, 0.1) is 0 Å². The number of carbonyl (C=O) groups excluding carboxylic acids is 1. The highest BCUT2D eigenvalue weighted by Gasteiger charge is 2.04. The summed E-state index contributed by atoms with van der Waals surface area (Å²) in [5.41, 5.74) is 4.29. The number of rotatable bonds is 6. The Labute approximate surface area is 133 Å².